The first-order valence-corrected chi connectivity index (χ1v) is 11.3. The van der Waals surface area contributed by atoms with Gasteiger partial charge in [0, 0.05) is 29.6 Å². The topological polar surface area (TPSA) is 76.7 Å². The lowest BCUT2D eigenvalue weighted by Gasteiger charge is -2.26. The number of ether oxygens (including phenoxy) is 2. The molecule has 0 aliphatic carbocycles. The Morgan fingerprint density at radius 1 is 0.853 bits per heavy atom. The van der Waals surface area contributed by atoms with Gasteiger partial charge in [0.1, 0.15) is 0 Å². The van der Waals surface area contributed by atoms with E-state index >= 15 is 0 Å². The van der Waals surface area contributed by atoms with E-state index in [0.29, 0.717) is 35.7 Å². The molecule has 3 aromatic rings. The summed E-state index contributed by atoms with van der Waals surface area (Å²) in [7, 11) is 3.09. The normalized spacial score (nSPS) is 10.9. The quantitative estimate of drug-likeness (QED) is 0.447. The number of hydrogen-bond donors (Lipinski definition) is 2. The molecule has 0 saturated heterocycles. The summed E-state index contributed by atoms with van der Waals surface area (Å²) < 4.78 is 10.5. The van der Waals surface area contributed by atoms with Crippen molar-refractivity contribution >= 4 is 17.5 Å². The number of methoxy groups -OCH3 is 2. The van der Waals surface area contributed by atoms with Gasteiger partial charge in [0.05, 0.1) is 14.2 Å². The zero-order chi connectivity index (χ0) is 24.6. The third-order valence-corrected chi connectivity index (χ3v) is 5.78. The fourth-order valence-corrected chi connectivity index (χ4v) is 3.60. The molecule has 0 radical (unpaired) electrons. The minimum atomic E-state index is -0.256. The molecule has 0 bridgehead atoms. The minimum Gasteiger partial charge on any atom is -0.493 e. The summed E-state index contributed by atoms with van der Waals surface area (Å²) in [6, 6.07) is 22.7. The molecule has 0 aliphatic rings. The molecule has 6 nitrogen and oxygen atoms in total. The van der Waals surface area contributed by atoms with Crippen LogP contribution in [0.5, 0.6) is 11.5 Å². The van der Waals surface area contributed by atoms with Crippen LogP contribution in [0.25, 0.3) is 0 Å². The van der Waals surface area contributed by atoms with E-state index in [1.54, 1.807) is 25.3 Å². The average molecular weight is 461 g/mol. The first-order chi connectivity index (χ1) is 16.3. The van der Waals surface area contributed by atoms with Crippen LogP contribution in [0, 0.1) is 0 Å². The van der Waals surface area contributed by atoms with Crippen molar-refractivity contribution in [1.82, 2.24) is 5.32 Å². The van der Waals surface area contributed by atoms with Crippen LogP contribution in [-0.2, 0) is 16.6 Å². The molecule has 0 saturated carbocycles. The maximum atomic E-state index is 12.7. The summed E-state index contributed by atoms with van der Waals surface area (Å²) >= 11 is 0. The van der Waals surface area contributed by atoms with E-state index in [9.17, 15) is 9.59 Å². The summed E-state index contributed by atoms with van der Waals surface area (Å²) in [6.07, 6.45) is 1.18. The number of nitrogens with one attached hydrogen (secondary N) is 2. The predicted molar refractivity (Wildman–Crippen MR) is 135 cm³/mol. The summed E-state index contributed by atoms with van der Waals surface area (Å²) in [5.41, 5.74) is 3.13. The fraction of sp³-hybridized carbons (Fsp3) is 0.286. The van der Waals surface area contributed by atoms with Crippen molar-refractivity contribution in [2.45, 2.75) is 32.1 Å². The summed E-state index contributed by atoms with van der Waals surface area (Å²) in [5, 5.41) is 5.95. The lowest BCUT2D eigenvalue weighted by atomic mass is 9.84. The van der Waals surface area contributed by atoms with Gasteiger partial charge >= 0.3 is 0 Å². The van der Waals surface area contributed by atoms with Crippen molar-refractivity contribution in [2.24, 2.45) is 0 Å². The van der Waals surface area contributed by atoms with Crippen LogP contribution >= 0.6 is 0 Å². The molecule has 34 heavy (non-hydrogen) atoms. The molecular formula is C28H32N2O4. The molecular weight excluding hydrogens is 428 g/mol. The largest absolute Gasteiger partial charge is 0.493 e. The van der Waals surface area contributed by atoms with Crippen molar-refractivity contribution in [2.75, 3.05) is 26.1 Å². The minimum absolute atomic E-state index is 0.0377. The van der Waals surface area contributed by atoms with E-state index in [1.165, 1.54) is 7.11 Å². The van der Waals surface area contributed by atoms with Crippen LogP contribution in [0.3, 0.4) is 0 Å². The molecule has 0 spiro atoms. The molecule has 0 unspecified atom stereocenters. The Hall–Kier alpha value is -3.80. The molecule has 178 valence electrons. The highest BCUT2D eigenvalue weighted by Crippen LogP contribution is 2.28. The number of anilines is 1. The van der Waals surface area contributed by atoms with E-state index in [4.69, 9.17) is 9.47 Å². The highest BCUT2D eigenvalue weighted by molar-refractivity contribution is 6.04. The second-order valence-corrected chi connectivity index (χ2v) is 8.75. The van der Waals surface area contributed by atoms with Crippen LogP contribution in [0.4, 0.5) is 5.69 Å². The van der Waals surface area contributed by atoms with Crippen LogP contribution in [-0.4, -0.2) is 32.6 Å². The number of carbonyl (C=O) groups excluding carboxylic acids is 2. The monoisotopic (exact) mass is 460 g/mol. The number of benzene rings is 3. The van der Waals surface area contributed by atoms with E-state index in [1.807, 2.05) is 54.6 Å². The Balaban J connectivity index is 1.55. The van der Waals surface area contributed by atoms with Crippen molar-refractivity contribution in [1.29, 1.82) is 0 Å². The van der Waals surface area contributed by atoms with Gasteiger partial charge in [-0.2, -0.15) is 0 Å². The van der Waals surface area contributed by atoms with Gasteiger partial charge < -0.3 is 20.1 Å². The van der Waals surface area contributed by atoms with E-state index < -0.39 is 0 Å². The lowest BCUT2D eigenvalue weighted by Crippen LogP contribution is -2.36. The standard InChI is InChI=1S/C28H32N2O4/c1-28(2,19-29-26(31)17-10-20-8-6-5-7-9-20)22-12-14-23(15-13-22)30-27(32)21-11-16-24(33-3)25(18-21)34-4/h5-9,11-16,18H,10,17,19H2,1-4H3,(H,29,31)(H,30,32). The van der Waals surface area contributed by atoms with Crippen molar-refractivity contribution in [3.63, 3.8) is 0 Å². The Bertz CT molecular complexity index is 1110. The van der Waals surface area contributed by atoms with Crippen LogP contribution in [0.1, 0.15) is 41.8 Å². The van der Waals surface area contributed by atoms with E-state index in [2.05, 4.69) is 24.5 Å². The Morgan fingerprint density at radius 3 is 2.18 bits per heavy atom. The molecule has 0 atom stereocenters. The van der Waals surface area contributed by atoms with Gasteiger partial charge in [-0.05, 0) is 47.9 Å². The maximum absolute atomic E-state index is 12.7. The molecule has 0 aliphatic heterocycles. The fourth-order valence-electron chi connectivity index (χ4n) is 3.60. The number of hydrogen-bond acceptors (Lipinski definition) is 4. The van der Waals surface area contributed by atoms with Crippen LogP contribution in [0.2, 0.25) is 0 Å². The second-order valence-electron chi connectivity index (χ2n) is 8.75. The highest BCUT2D eigenvalue weighted by Gasteiger charge is 2.21. The van der Waals surface area contributed by atoms with Gasteiger partial charge in [0.15, 0.2) is 11.5 Å². The third kappa shape index (κ3) is 6.61. The number of aryl methyl sites for hydroxylation is 1. The SMILES string of the molecule is COc1ccc(C(=O)Nc2ccc(C(C)(C)CNC(=O)CCc3ccccc3)cc2)cc1OC. The van der Waals surface area contributed by atoms with E-state index in [-0.39, 0.29) is 17.2 Å². The van der Waals surface area contributed by atoms with Gasteiger partial charge in [-0.15, -0.1) is 0 Å². The molecule has 3 aromatic carbocycles. The number of carbonyl (C=O) groups is 2. The summed E-state index contributed by atoms with van der Waals surface area (Å²) in [5.74, 6) is 0.866. The number of amides is 2. The highest BCUT2D eigenvalue weighted by atomic mass is 16.5. The zero-order valence-corrected chi connectivity index (χ0v) is 20.2. The van der Waals surface area contributed by atoms with Crippen molar-refractivity contribution in [3.05, 3.63) is 89.5 Å². The molecule has 2 N–H and O–H groups in total. The van der Waals surface area contributed by atoms with Crippen molar-refractivity contribution < 1.29 is 19.1 Å². The molecule has 0 heterocycles. The zero-order valence-electron chi connectivity index (χ0n) is 20.2. The van der Waals surface area contributed by atoms with Gasteiger partial charge in [0.25, 0.3) is 5.91 Å². The van der Waals surface area contributed by atoms with E-state index in [0.717, 1.165) is 17.5 Å². The second kappa shape index (κ2) is 11.4. The smallest absolute Gasteiger partial charge is 0.255 e. The first kappa shape index (κ1) is 24.8. The lowest BCUT2D eigenvalue weighted by molar-refractivity contribution is -0.121. The van der Waals surface area contributed by atoms with Gasteiger partial charge in [-0.1, -0.05) is 56.3 Å². The molecule has 3 rings (SSSR count). The Morgan fingerprint density at radius 2 is 1.53 bits per heavy atom. The average Bonchev–Trinajstić information content (AvgIpc) is 2.86. The predicted octanol–water partition coefficient (Wildman–Crippen LogP) is 4.98. The number of rotatable bonds is 10. The maximum Gasteiger partial charge on any atom is 0.255 e. The Labute approximate surface area is 201 Å². The van der Waals surface area contributed by atoms with Gasteiger partial charge in [0.2, 0.25) is 5.91 Å². The van der Waals surface area contributed by atoms with Gasteiger partial charge in [-0.25, -0.2) is 0 Å². The van der Waals surface area contributed by atoms with Crippen LogP contribution in [0.15, 0.2) is 72.8 Å². The first-order valence-electron chi connectivity index (χ1n) is 11.3. The van der Waals surface area contributed by atoms with Crippen molar-refractivity contribution in [3.8, 4) is 11.5 Å². The third-order valence-electron chi connectivity index (χ3n) is 5.78. The van der Waals surface area contributed by atoms with Gasteiger partial charge in [-0.3, -0.25) is 9.59 Å². The van der Waals surface area contributed by atoms with Crippen LogP contribution < -0.4 is 20.1 Å². The Kier molecular flexibility index (Phi) is 8.30. The molecule has 2 amide bonds. The molecule has 0 fully saturated rings. The molecule has 6 heteroatoms. The summed E-state index contributed by atoms with van der Waals surface area (Å²) in [4.78, 5) is 25.0. The molecule has 0 aromatic heterocycles. The summed E-state index contributed by atoms with van der Waals surface area (Å²) in [6.45, 7) is 4.70.